The molecule has 0 spiro atoms. The molecule has 0 saturated carbocycles. The Kier molecular flexibility index (Phi) is 7.54. The summed E-state index contributed by atoms with van der Waals surface area (Å²) in [6.07, 6.45) is 0.732. The minimum Gasteiger partial charge on any atom is -0.273 e. The fourth-order valence-electron chi connectivity index (χ4n) is 4.12. The topological polar surface area (TPSA) is 95.6 Å². The van der Waals surface area contributed by atoms with E-state index in [0.29, 0.717) is 23.3 Å². The fraction of sp³-hybridized carbons (Fsp3) is 0.417. The molecule has 0 radical (unpaired) electrons. The van der Waals surface area contributed by atoms with Crippen molar-refractivity contribution in [1.82, 2.24) is 15.2 Å². The predicted octanol–water partition coefficient (Wildman–Crippen LogP) is 2.85. The third-order valence-corrected chi connectivity index (χ3v) is 8.50. The summed E-state index contributed by atoms with van der Waals surface area (Å²) in [4.78, 5) is 24.9. The molecular weight excluding hydrogens is 445 g/mol. The third kappa shape index (κ3) is 5.59. The lowest BCUT2D eigenvalue weighted by atomic mass is 9.98. The molecular formula is C24H30FN3O4S. The zero-order valence-electron chi connectivity index (χ0n) is 19.4. The van der Waals surface area contributed by atoms with E-state index in [1.807, 2.05) is 33.8 Å². The van der Waals surface area contributed by atoms with Crippen LogP contribution in [0.3, 0.4) is 0 Å². The second kappa shape index (κ2) is 10.0. The second-order valence-electron chi connectivity index (χ2n) is 8.61. The molecule has 1 aliphatic rings. The average Bonchev–Trinajstić information content (AvgIpc) is 2.78. The van der Waals surface area contributed by atoms with Crippen LogP contribution in [0.4, 0.5) is 4.39 Å². The maximum Gasteiger partial charge on any atom is 0.243 e. The van der Waals surface area contributed by atoms with Gasteiger partial charge in [-0.3, -0.25) is 20.4 Å². The number of sulfonamides is 1. The Bertz CT molecular complexity index is 1130. The largest absolute Gasteiger partial charge is 0.273 e. The van der Waals surface area contributed by atoms with Crippen LogP contribution in [0.25, 0.3) is 0 Å². The number of nitrogens with zero attached hydrogens (tertiary/aromatic N) is 1. The average molecular weight is 476 g/mol. The van der Waals surface area contributed by atoms with Gasteiger partial charge in [0.15, 0.2) is 0 Å². The number of aryl methyl sites for hydroxylation is 2. The van der Waals surface area contributed by atoms with Crippen molar-refractivity contribution in [3.63, 3.8) is 0 Å². The van der Waals surface area contributed by atoms with E-state index in [2.05, 4.69) is 10.9 Å². The van der Waals surface area contributed by atoms with E-state index in [-0.39, 0.29) is 31.2 Å². The molecule has 7 nitrogen and oxygen atoms in total. The first-order valence-corrected chi connectivity index (χ1v) is 12.4. The van der Waals surface area contributed by atoms with Gasteiger partial charge in [0, 0.05) is 19.0 Å². The summed E-state index contributed by atoms with van der Waals surface area (Å²) in [5.41, 5.74) is 8.79. The summed E-state index contributed by atoms with van der Waals surface area (Å²) in [6, 6.07) is 7.54. The first-order chi connectivity index (χ1) is 15.5. The maximum atomic E-state index is 13.4. The van der Waals surface area contributed by atoms with E-state index in [9.17, 15) is 22.4 Å². The second-order valence-corrected chi connectivity index (χ2v) is 10.5. The van der Waals surface area contributed by atoms with Crippen molar-refractivity contribution in [3.05, 3.63) is 64.0 Å². The molecule has 0 bridgehead atoms. The van der Waals surface area contributed by atoms with Crippen molar-refractivity contribution in [1.29, 1.82) is 0 Å². The fourth-order valence-corrected chi connectivity index (χ4v) is 6.17. The number of carbonyl (C=O) groups is 2. The minimum atomic E-state index is -3.68. The zero-order chi connectivity index (χ0) is 24.3. The van der Waals surface area contributed by atoms with Gasteiger partial charge >= 0.3 is 0 Å². The quantitative estimate of drug-likeness (QED) is 0.650. The molecule has 2 amide bonds. The highest BCUT2D eigenvalue weighted by Gasteiger charge is 2.34. The summed E-state index contributed by atoms with van der Waals surface area (Å²) >= 11 is 0. The highest BCUT2D eigenvalue weighted by molar-refractivity contribution is 7.89. The van der Waals surface area contributed by atoms with E-state index in [1.165, 1.54) is 28.6 Å². The standard InChI is InChI=1S/C24H30FN3O4S/c1-15-13-16(2)18(4)23(17(15)3)33(31,32)28-11-9-20(10-12-28)24(30)27-26-22(29)14-19-5-7-21(25)8-6-19/h5-8,13,20H,9-12,14H2,1-4H3,(H,26,29)(H,27,30). The lowest BCUT2D eigenvalue weighted by Gasteiger charge is -2.31. The molecule has 2 aromatic rings. The molecule has 1 heterocycles. The number of benzene rings is 2. The van der Waals surface area contributed by atoms with Crippen LogP contribution in [-0.4, -0.2) is 37.6 Å². The molecule has 9 heteroatoms. The van der Waals surface area contributed by atoms with Crippen molar-refractivity contribution < 1.29 is 22.4 Å². The number of hydrazine groups is 1. The van der Waals surface area contributed by atoms with Crippen LogP contribution >= 0.6 is 0 Å². The molecule has 1 fully saturated rings. The van der Waals surface area contributed by atoms with E-state index < -0.39 is 21.8 Å². The summed E-state index contributed by atoms with van der Waals surface area (Å²) in [6.45, 7) is 7.92. The van der Waals surface area contributed by atoms with E-state index in [0.717, 1.165) is 22.3 Å². The molecule has 1 saturated heterocycles. The SMILES string of the molecule is Cc1cc(C)c(C)c(S(=O)(=O)N2CCC(C(=O)NNC(=O)Cc3ccc(F)cc3)CC2)c1C. The van der Waals surface area contributed by atoms with Crippen LogP contribution in [0.5, 0.6) is 0 Å². The molecule has 178 valence electrons. The summed E-state index contributed by atoms with van der Waals surface area (Å²) in [5.74, 6) is -1.55. The Balaban J connectivity index is 1.56. The third-order valence-electron chi connectivity index (χ3n) is 6.32. The Labute approximate surface area is 194 Å². The van der Waals surface area contributed by atoms with Gasteiger partial charge in [0.05, 0.1) is 11.3 Å². The maximum absolute atomic E-state index is 13.4. The van der Waals surface area contributed by atoms with Crippen molar-refractivity contribution in [2.45, 2.75) is 51.9 Å². The molecule has 0 aromatic heterocycles. The molecule has 0 unspecified atom stereocenters. The van der Waals surface area contributed by atoms with Gasteiger partial charge in [-0.05, 0) is 80.5 Å². The minimum absolute atomic E-state index is 0.00581. The van der Waals surface area contributed by atoms with Gasteiger partial charge in [0.1, 0.15) is 5.82 Å². The Morgan fingerprint density at radius 3 is 2.06 bits per heavy atom. The first-order valence-electron chi connectivity index (χ1n) is 10.9. The van der Waals surface area contributed by atoms with Crippen LogP contribution in [0, 0.1) is 39.4 Å². The molecule has 0 aliphatic carbocycles. The van der Waals surface area contributed by atoms with Crippen molar-refractivity contribution in [2.24, 2.45) is 5.92 Å². The molecule has 3 rings (SSSR count). The first kappa shape index (κ1) is 24.9. The van der Waals surface area contributed by atoms with Crippen molar-refractivity contribution >= 4 is 21.8 Å². The number of rotatable bonds is 5. The number of hydrogen-bond acceptors (Lipinski definition) is 4. The molecule has 2 aromatic carbocycles. The monoisotopic (exact) mass is 475 g/mol. The molecule has 1 aliphatic heterocycles. The molecule has 2 N–H and O–H groups in total. The van der Waals surface area contributed by atoms with E-state index >= 15 is 0 Å². The van der Waals surface area contributed by atoms with Crippen molar-refractivity contribution in [2.75, 3.05) is 13.1 Å². The zero-order valence-corrected chi connectivity index (χ0v) is 20.2. The van der Waals surface area contributed by atoms with Gasteiger partial charge in [-0.2, -0.15) is 4.31 Å². The number of amides is 2. The lowest BCUT2D eigenvalue weighted by molar-refractivity contribution is -0.131. The van der Waals surface area contributed by atoms with Crippen LogP contribution in [-0.2, 0) is 26.0 Å². The predicted molar refractivity (Wildman–Crippen MR) is 123 cm³/mol. The number of carbonyl (C=O) groups excluding carboxylic acids is 2. The van der Waals surface area contributed by atoms with Crippen LogP contribution in [0.15, 0.2) is 35.2 Å². The molecule has 33 heavy (non-hydrogen) atoms. The van der Waals surface area contributed by atoms with Gasteiger partial charge in [-0.25, -0.2) is 12.8 Å². The van der Waals surface area contributed by atoms with Gasteiger partial charge in [-0.15, -0.1) is 0 Å². The summed E-state index contributed by atoms with van der Waals surface area (Å²) in [7, 11) is -3.68. The number of halogens is 1. The molecule has 0 atom stereocenters. The number of piperidine rings is 1. The van der Waals surface area contributed by atoms with Gasteiger partial charge in [0.25, 0.3) is 0 Å². The normalized spacial score (nSPS) is 15.3. The summed E-state index contributed by atoms with van der Waals surface area (Å²) < 4.78 is 41.1. The van der Waals surface area contributed by atoms with Crippen molar-refractivity contribution in [3.8, 4) is 0 Å². The number of hydrogen-bond donors (Lipinski definition) is 2. The lowest BCUT2D eigenvalue weighted by Crippen LogP contribution is -2.48. The van der Waals surface area contributed by atoms with Gasteiger partial charge in [0.2, 0.25) is 21.8 Å². The van der Waals surface area contributed by atoms with E-state index in [1.54, 1.807) is 0 Å². The van der Waals surface area contributed by atoms with Crippen LogP contribution < -0.4 is 10.9 Å². The Morgan fingerprint density at radius 2 is 1.52 bits per heavy atom. The summed E-state index contributed by atoms with van der Waals surface area (Å²) in [5, 5.41) is 0. The smallest absolute Gasteiger partial charge is 0.243 e. The van der Waals surface area contributed by atoms with Gasteiger partial charge < -0.3 is 0 Å². The van der Waals surface area contributed by atoms with Crippen LogP contribution in [0.1, 0.15) is 40.7 Å². The Hall–Kier alpha value is -2.78. The van der Waals surface area contributed by atoms with Gasteiger partial charge in [-0.1, -0.05) is 18.2 Å². The Morgan fingerprint density at radius 1 is 0.970 bits per heavy atom. The van der Waals surface area contributed by atoms with E-state index in [4.69, 9.17) is 0 Å². The number of nitrogens with one attached hydrogen (secondary N) is 2. The highest BCUT2D eigenvalue weighted by Crippen LogP contribution is 2.31. The van der Waals surface area contributed by atoms with Crippen LogP contribution in [0.2, 0.25) is 0 Å². The highest BCUT2D eigenvalue weighted by atomic mass is 32.2.